The van der Waals surface area contributed by atoms with Crippen LogP contribution in [-0.4, -0.2) is 16.7 Å². The van der Waals surface area contributed by atoms with Gasteiger partial charge in [-0.2, -0.15) is 0 Å². The number of aromatic nitrogens is 2. The highest BCUT2D eigenvalue weighted by Crippen LogP contribution is 2.34. The van der Waals surface area contributed by atoms with Crippen LogP contribution in [0.25, 0.3) is 0 Å². The first kappa shape index (κ1) is 11.2. The maximum atomic E-state index is 5.56. The smallest absolute Gasteiger partial charge is 0.322 e. The molecular formula is C13H16N4O. The van der Waals surface area contributed by atoms with E-state index in [1.165, 1.54) is 5.56 Å². The lowest BCUT2D eigenvalue weighted by atomic mass is 9.94. The highest BCUT2D eigenvalue weighted by Gasteiger charge is 2.25. The number of nitrogens with zero attached hydrogens (tertiary/aromatic N) is 3. The van der Waals surface area contributed by atoms with Gasteiger partial charge in [0.15, 0.2) is 0 Å². The average Bonchev–Trinajstić information content (AvgIpc) is 2.86. The molecule has 1 atom stereocenters. The minimum absolute atomic E-state index is 0.276. The Balaban J connectivity index is 2.01. The fourth-order valence-corrected chi connectivity index (χ4v) is 2.41. The van der Waals surface area contributed by atoms with Gasteiger partial charge in [0.25, 0.3) is 0 Å². The third-order valence-electron chi connectivity index (χ3n) is 3.21. The van der Waals surface area contributed by atoms with Gasteiger partial charge in [0.1, 0.15) is 0 Å². The zero-order valence-electron chi connectivity index (χ0n) is 10.3. The lowest BCUT2D eigenvalue weighted by molar-refractivity contribution is 0.473. The molecule has 0 bridgehead atoms. The normalized spacial score (nSPS) is 18.8. The number of hydrogen-bond donors (Lipinski definition) is 1. The van der Waals surface area contributed by atoms with Crippen molar-refractivity contribution in [2.75, 3.05) is 11.4 Å². The molecule has 0 radical (unpaired) electrons. The molecule has 0 spiro atoms. The third-order valence-corrected chi connectivity index (χ3v) is 3.21. The van der Waals surface area contributed by atoms with Gasteiger partial charge in [-0.15, -0.1) is 5.10 Å². The summed E-state index contributed by atoms with van der Waals surface area (Å²) in [5.41, 5.74) is 7.98. The molecular weight excluding hydrogens is 228 g/mol. The SMILES string of the molecule is CC1Cc2ccccc2N(c2nnc(CN)o2)C1. The largest absolute Gasteiger partial charge is 0.406 e. The minimum atomic E-state index is 0.276. The topological polar surface area (TPSA) is 68.2 Å². The maximum absolute atomic E-state index is 5.56. The quantitative estimate of drug-likeness (QED) is 0.873. The number of para-hydroxylation sites is 1. The first-order chi connectivity index (χ1) is 8.78. The second-order valence-electron chi connectivity index (χ2n) is 4.73. The van der Waals surface area contributed by atoms with Crippen LogP contribution in [0.15, 0.2) is 28.7 Å². The van der Waals surface area contributed by atoms with Crippen LogP contribution in [0.3, 0.4) is 0 Å². The Morgan fingerprint density at radius 3 is 3.00 bits per heavy atom. The summed E-state index contributed by atoms with van der Waals surface area (Å²) in [4.78, 5) is 2.08. The number of rotatable bonds is 2. The summed E-state index contributed by atoms with van der Waals surface area (Å²) < 4.78 is 5.56. The second kappa shape index (κ2) is 4.42. The van der Waals surface area contributed by atoms with Crippen molar-refractivity contribution in [3.8, 4) is 0 Å². The molecule has 0 saturated carbocycles. The molecule has 2 N–H and O–H groups in total. The Morgan fingerprint density at radius 1 is 1.39 bits per heavy atom. The highest BCUT2D eigenvalue weighted by molar-refractivity contribution is 5.62. The Bertz CT molecular complexity index is 551. The number of fused-ring (bicyclic) bond motifs is 1. The zero-order chi connectivity index (χ0) is 12.5. The molecule has 1 aliphatic heterocycles. The van der Waals surface area contributed by atoms with Crippen molar-refractivity contribution in [1.29, 1.82) is 0 Å². The Labute approximate surface area is 106 Å². The van der Waals surface area contributed by atoms with E-state index in [0.29, 0.717) is 17.8 Å². The molecule has 94 valence electrons. The van der Waals surface area contributed by atoms with Crippen molar-refractivity contribution in [2.45, 2.75) is 19.9 Å². The predicted octanol–water partition coefficient (Wildman–Crippen LogP) is 1.86. The van der Waals surface area contributed by atoms with E-state index < -0.39 is 0 Å². The van der Waals surface area contributed by atoms with Crippen LogP contribution in [0, 0.1) is 5.92 Å². The van der Waals surface area contributed by atoms with Crippen molar-refractivity contribution >= 4 is 11.7 Å². The molecule has 1 aromatic carbocycles. The van der Waals surface area contributed by atoms with E-state index in [1.54, 1.807) is 0 Å². The highest BCUT2D eigenvalue weighted by atomic mass is 16.4. The van der Waals surface area contributed by atoms with Crippen molar-refractivity contribution in [3.63, 3.8) is 0 Å². The van der Waals surface area contributed by atoms with Crippen LogP contribution in [0.5, 0.6) is 0 Å². The van der Waals surface area contributed by atoms with Gasteiger partial charge in [-0.05, 0) is 24.0 Å². The Hall–Kier alpha value is -1.88. The van der Waals surface area contributed by atoms with Gasteiger partial charge >= 0.3 is 6.01 Å². The molecule has 0 aliphatic carbocycles. The lowest BCUT2D eigenvalue weighted by Crippen LogP contribution is -2.30. The Morgan fingerprint density at radius 2 is 2.22 bits per heavy atom. The van der Waals surface area contributed by atoms with Crippen molar-refractivity contribution in [2.24, 2.45) is 11.7 Å². The summed E-state index contributed by atoms with van der Waals surface area (Å²) >= 11 is 0. The monoisotopic (exact) mass is 244 g/mol. The van der Waals surface area contributed by atoms with Crippen LogP contribution >= 0.6 is 0 Å². The number of hydrogen-bond acceptors (Lipinski definition) is 5. The Kier molecular flexibility index (Phi) is 2.76. The minimum Gasteiger partial charge on any atom is -0.406 e. The first-order valence-electron chi connectivity index (χ1n) is 6.16. The summed E-state index contributed by atoms with van der Waals surface area (Å²) in [7, 11) is 0. The molecule has 3 rings (SSSR count). The molecule has 1 unspecified atom stereocenters. The average molecular weight is 244 g/mol. The van der Waals surface area contributed by atoms with E-state index in [4.69, 9.17) is 10.2 Å². The lowest BCUT2D eigenvalue weighted by Gasteiger charge is -2.31. The summed E-state index contributed by atoms with van der Waals surface area (Å²) in [6.07, 6.45) is 1.09. The molecule has 5 heteroatoms. The summed E-state index contributed by atoms with van der Waals surface area (Å²) in [6, 6.07) is 8.87. The molecule has 5 nitrogen and oxygen atoms in total. The summed E-state index contributed by atoms with van der Waals surface area (Å²) in [5.74, 6) is 1.04. The van der Waals surface area contributed by atoms with Crippen molar-refractivity contribution in [3.05, 3.63) is 35.7 Å². The van der Waals surface area contributed by atoms with Crippen LogP contribution in [0.1, 0.15) is 18.4 Å². The molecule has 0 amide bonds. The van der Waals surface area contributed by atoms with E-state index in [-0.39, 0.29) is 6.54 Å². The predicted molar refractivity (Wildman–Crippen MR) is 68.5 cm³/mol. The fraction of sp³-hybridized carbons (Fsp3) is 0.385. The van der Waals surface area contributed by atoms with Gasteiger partial charge in [0.05, 0.1) is 6.54 Å². The van der Waals surface area contributed by atoms with Crippen LogP contribution in [0.4, 0.5) is 11.7 Å². The van der Waals surface area contributed by atoms with Gasteiger partial charge in [-0.1, -0.05) is 30.2 Å². The van der Waals surface area contributed by atoms with Crippen LogP contribution < -0.4 is 10.6 Å². The third kappa shape index (κ3) is 1.86. The second-order valence-corrected chi connectivity index (χ2v) is 4.73. The molecule has 2 heterocycles. The van der Waals surface area contributed by atoms with Crippen molar-refractivity contribution < 1.29 is 4.42 Å². The van der Waals surface area contributed by atoms with Gasteiger partial charge < -0.3 is 10.2 Å². The van der Waals surface area contributed by atoms with Crippen molar-refractivity contribution in [1.82, 2.24) is 10.2 Å². The first-order valence-corrected chi connectivity index (χ1v) is 6.16. The molecule has 18 heavy (non-hydrogen) atoms. The van der Waals surface area contributed by atoms with E-state index in [1.807, 2.05) is 6.07 Å². The molecule has 0 saturated heterocycles. The summed E-state index contributed by atoms with van der Waals surface area (Å²) in [5, 5.41) is 8.00. The van der Waals surface area contributed by atoms with Gasteiger partial charge in [0.2, 0.25) is 5.89 Å². The van der Waals surface area contributed by atoms with E-state index in [9.17, 15) is 0 Å². The molecule has 1 aromatic heterocycles. The van der Waals surface area contributed by atoms with Crippen LogP contribution in [-0.2, 0) is 13.0 Å². The maximum Gasteiger partial charge on any atom is 0.322 e. The molecule has 0 fully saturated rings. The summed E-state index contributed by atoms with van der Waals surface area (Å²) in [6.45, 7) is 3.39. The molecule has 1 aliphatic rings. The van der Waals surface area contributed by atoms with Gasteiger partial charge in [-0.25, -0.2) is 0 Å². The number of anilines is 2. The number of nitrogens with two attached hydrogens (primary N) is 1. The van der Waals surface area contributed by atoms with Gasteiger partial charge in [0, 0.05) is 12.2 Å². The molecule has 2 aromatic rings. The number of benzene rings is 1. The van der Waals surface area contributed by atoms with E-state index >= 15 is 0 Å². The fourth-order valence-electron chi connectivity index (χ4n) is 2.41. The zero-order valence-corrected chi connectivity index (χ0v) is 10.3. The van der Waals surface area contributed by atoms with E-state index in [0.717, 1.165) is 18.7 Å². The van der Waals surface area contributed by atoms with Gasteiger partial charge in [-0.3, -0.25) is 4.90 Å². The van der Waals surface area contributed by atoms with Crippen LogP contribution in [0.2, 0.25) is 0 Å². The van der Waals surface area contributed by atoms with E-state index in [2.05, 4.69) is 40.2 Å². The standard InChI is InChI=1S/C13H16N4O/c1-9-6-10-4-2-3-5-11(10)17(8-9)13-16-15-12(7-14)18-13/h2-5,9H,6-8,14H2,1H3.